The van der Waals surface area contributed by atoms with E-state index in [9.17, 15) is 13.2 Å². The molecule has 2 aromatic rings. The van der Waals surface area contributed by atoms with E-state index in [1.54, 1.807) is 12.1 Å². The smallest absolute Gasteiger partial charge is 0.422 e. The van der Waals surface area contributed by atoms with Gasteiger partial charge < -0.3 is 10.1 Å². The van der Waals surface area contributed by atoms with E-state index in [1.165, 1.54) is 12.1 Å². The highest BCUT2D eigenvalue weighted by Gasteiger charge is 2.28. The molecule has 0 aliphatic carbocycles. The van der Waals surface area contributed by atoms with Crippen LogP contribution in [-0.2, 0) is 6.54 Å². The fraction of sp³-hybridized carbons (Fsp3) is 0.214. The van der Waals surface area contributed by atoms with Gasteiger partial charge in [-0.05, 0) is 52.3 Å². The van der Waals surface area contributed by atoms with E-state index in [4.69, 9.17) is 0 Å². The molecule has 7 heteroatoms. The summed E-state index contributed by atoms with van der Waals surface area (Å²) in [4.78, 5) is 4.27. The number of ether oxygens (including phenoxy) is 1. The van der Waals surface area contributed by atoms with Gasteiger partial charge in [0.25, 0.3) is 0 Å². The Balaban J connectivity index is 1.87. The van der Waals surface area contributed by atoms with Gasteiger partial charge in [0.05, 0.1) is 12.2 Å². The lowest BCUT2D eigenvalue weighted by atomic mass is 10.3. The average molecular weight is 361 g/mol. The van der Waals surface area contributed by atoms with Gasteiger partial charge in [0.2, 0.25) is 0 Å². The number of rotatable bonds is 5. The maximum absolute atomic E-state index is 12.0. The number of nitrogens with zero attached hydrogens (tertiary/aromatic N) is 1. The van der Waals surface area contributed by atoms with Crippen molar-refractivity contribution in [1.82, 2.24) is 4.98 Å². The first kappa shape index (κ1) is 15.6. The molecular weight excluding hydrogens is 349 g/mol. The molecular formula is C14H12BrF3N2O. The summed E-state index contributed by atoms with van der Waals surface area (Å²) < 4.78 is 41.4. The molecule has 1 N–H and O–H groups in total. The molecule has 3 nitrogen and oxygen atoms in total. The standard InChI is InChI=1S/C14H12BrF3N2O/c15-13-3-1-2-11(20-13)8-19-10-4-6-12(7-5-10)21-9-14(16,17)18/h1-7,19H,8-9H2. The van der Waals surface area contributed by atoms with Gasteiger partial charge in [-0.1, -0.05) is 6.07 Å². The Morgan fingerprint density at radius 2 is 1.81 bits per heavy atom. The van der Waals surface area contributed by atoms with Crippen molar-refractivity contribution in [1.29, 1.82) is 0 Å². The highest BCUT2D eigenvalue weighted by Crippen LogP contribution is 2.20. The van der Waals surface area contributed by atoms with E-state index >= 15 is 0 Å². The quantitative estimate of drug-likeness (QED) is 0.802. The van der Waals surface area contributed by atoms with Crippen molar-refractivity contribution >= 4 is 21.6 Å². The van der Waals surface area contributed by atoms with Gasteiger partial charge in [0.15, 0.2) is 6.61 Å². The van der Waals surface area contributed by atoms with Crippen LogP contribution in [0.3, 0.4) is 0 Å². The topological polar surface area (TPSA) is 34.1 Å². The van der Waals surface area contributed by atoms with Crippen LogP contribution in [0.4, 0.5) is 18.9 Å². The lowest BCUT2D eigenvalue weighted by molar-refractivity contribution is -0.153. The van der Waals surface area contributed by atoms with Crippen LogP contribution >= 0.6 is 15.9 Å². The number of hydrogen-bond donors (Lipinski definition) is 1. The minimum absolute atomic E-state index is 0.179. The fourth-order valence-corrected chi connectivity index (χ4v) is 1.96. The third-order valence-electron chi connectivity index (χ3n) is 2.50. The molecule has 1 heterocycles. The van der Waals surface area contributed by atoms with Crippen molar-refractivity contribution in [3.05, 3.63) is 52.8 Å². The molecule has 112 valence electrons. The van der Waals surface area contributed by atoms with Gasteiger partial charge in [-0.15, -0.1) is 0 Å². The first-order valence-corrected chi connectivity index (χ1v) is 6.86. The zero-order valence-electron chi connectivity index (χ0n) is 10.8. The Hall–Kier alpha value is -1.76. The summed E-state index contributed by atoms with van der Waals surface area (Å²) in [5.41, 5.74) is 1.62. The molecule has 0 radical (unpaired) electrons. The predicted octanol–water partition coefficient (Wildman–Crippen LogP) is 4.40. The zero-order chi connectivity index (χ0) is 15.3. The predicted molar refractivity (Wildman–Crippen MR) is 77.3 cm³/mol. The van der Waals surface area contributed by atoms with Crippen LogP contribution in [0.5, 0.6) is 5.75 Å². The van der Waals surface area contributed by atoms with Crippen molar-refractivity contribution in [3.63, 3.8) is 0 Å². The second-order valence-electron chi connectivity index (χ2n) is 4.23. The van der Waals surface area contributed by atoms with Crippen LogP contribution in [0.1, 0.15) is 5.69 Å². The number of anilines is 1. The van der Waals surface area contributed by atoms with Crippen molar-refractivity contribution in [2.24, 2.45) is 0 Å². The average Bonchev–Trinajstić information content (AvgIpc) is 2.43. The molecule has 0 bridgehead atoms. The first-order chi connectivity index (χ1) is 9.92. The highest BCUT2D eigenvalue weighted by atomic mass is 79.9. The van der Waals surface area contributed by atoms with Gasteiger partial charge in [-0.2, -0.15) is 13.2 Å². The lowest BCUT2D eigenvalue weighted by Crippen LogP contribution is -2.19. The Kier molecular flexibility index (Phi) is 5.06. The molecule has 0 unspecified atom stereocenters. The summed E-state index contributed by atoms with van der Waals surface area (Å²) >= 11 is 3.28. The number of pyridine rings is 1. The van der Waals surface area contributed by atoms with E-state index in [1.807, 2.05) is 18.2 Å². The van der Waals surface area contributed by atoms with Crippen LogP contribution in [0.25, 0.3) is 0 Å². The lowest BCUT2D eigenvalue weighted by Gasteiger charge is -2.10. The Labute approximate surface area is 128 Å². The monoisotopic (exact) mass is 360 g/mol. The van der Waals surface area contributed by atoms with Gasteiger partial charge in [0, 0.05) is 5.69 Å². The fourth-order valence-electron chi connectivity index (χ4n) is 1.58. The van der Waals surface area contributed by atoms with Crippen LogP contribution in [0, 0.1) is 0 Å². The summed E-state index contributed by atoms with van der Waals surface area (Å²) in [6.45, 7) is -0.774. The normalized spacial score (nSPS) is 11.2. The third kappa shape index (κ3) is 5.63. The number of halogens is 4. The van der Waals surface area contributed by atoms with E-state index in [0.717, 1.165) is 16.0 Å². The van der Waals surface area contributed by atoms with Crippen molar-refractivity contribution in [2.75, 3.05) is 11.9 Å². The second-order valence-corrected chi connectivity index (χ2v) is 5.05. The molecule has 2 rings (SSSR count). The minimum atomic E-state index is -4.33. The molecule has 0 aliphatic rings. The van der Waals surface area contributed by atoms with E-state index < -0.39 is 12.8 Å². The van der Waals surface area contributed by atoms with E-state index in [2.05, 4.69) is 31.0 Å². The molecule has 0 amide bonds. The van der Waals surface area contributed by atoms with Crippen molar-refractivity contribution < 1.29 is 17.9 Å². The number of alkyl halides is 3. The first-order valence-electron chi connectivity index (χ1n) is 6.07. The third-order valence-corrected chi connectivity index (χ3v) is 2.94. The Morgan fingerprint density at radius 3 is 2.43 bits per heavy atom. The van der Waals surface area contributed by atoms with Gasteiger partial charge in [-0.25, -0.2) is 4.98 Å². The SMILES string of the molecule is FC(F)(F)COc1ccc(NCc2cccc(Br)n2)cc1. The molecule has 1 aromatic heterocycles. The summed E-state index contributed by atoms with van der Waals surface area (Å²) in [6, 6.07) is 11.9. The van der Waals surface area contributed by atoms with Gasteiger partial charge in [0.1, 0.15) is 10.4 Å². The maximum Gasteiger partial charge on any atom is 0.422 e. The van der Waals surface area contributed by atoms with Crippen LogP contribution in [0.15, 0.2) is 47.1 Å². The summed E-state index contributed by atoms with van der Waals surface area (Å²) in [5.74, 6) is 0.179. The van der Waals surface area contributed by atoms with Gasteiger partial charge in [-0.3, -0.25) is 0 Å². The van der Waals surface area contributed by atoms with E-state index in [0.29, 0.717) is 6.54 Å². The molecule has 0 aliphatic heterocycles. The molecule has 1 aromatic carbocycles. The molecule has 0 spiro atoms. The summed E-state index contributed by atoms with van der Waals surface area (Å²) in [7, 11) is 0. The van der Waals surface area contributed by atoms with Gasteiger partial charge >= 0.3 is 6.18 Å². The Bertz CT molecular complexity index is 588. The molecule has 21 heavy (non-hydrogen) atoms. The minimum Gasteiger partial charge on any atom is -0.484 e. The summed E-state index contributed by atoms with van der Waals surface area (Å²) in [5, 5.41) is 3.13. The molecule has 0 saturated carbocycles. The highest BCUT2D eigenvalue weighted by molar-refractivity contribution is 9.10. The van der Waals surface area contributed by atoms with Crippen molar-refractivity contribution in [2.45, 2.75) is 12.7 Å². The molecule has 0 atom stereocenters. The Morgan fingerprint density at radius 1 is 1.10 bits per heavy atom. The van der Waals surface area contributed by atoms with Crippen LogP contribution in [0.2, 0.25) is 0 Å². The second kappa shape index (κ2) is 6.80. The molecule has 0 fully saturated rings. The largest absolute Gasteiger partial charge is 0.484 e. The number of hydrogen-bond acceptors (Lipinski definition) is 3. The summed E-state index contributed by atoms with van der Waals surface area (Å²) in [6.07, 6.45) is -4.33. The van der Waals surface area contributed by atoms with Crippen molar-refractivity contribution in [3.8, 4) is 5.75 Å². The zero-order valence-corrected chi connectivity index (χ0v) is 12.4. The number of aromatic nitrogens is 1. The van der Waals surface area contributed by atoms with Crippen LogP contribution < -0.4 is 10.1 Å². The van der Waals surface area contributed by atoms with Crippen LogP contribution in [-0.4, -0.2) is 17.8 Å². The van der Waals surface area contributed by atoms with E-state index in [-0.39, 0.29) is 5.75 Å². The number of nitrogens with one attached hydrogen (secondary N) is 1. The molecule has 0 saturated heterocycles. The number of benzene rings is 1. The maximum atomic E-state index is 12.0.